The van der Waals surface area contributed by atoms with E-state index in [1.54, 1.807) is 12.1 Å². The molecular weight excluding hydrogens is 280 g/mol. The largest absolute Gasteiger partial charge is 0.508 e. The van der Waals surface area contributed by atoms with Gasteiger partial charge in [-0.2, -0.15) is 0 Å². The van der Waals surface area contributed by atoms with Crippen LogP contribution in [-0.2, 0) is 11.2 Å². The van der Waals surface area contributed by atoms with Crippen LogP contribution in [0.3, 0.4) is 0 Å². The first kappa shape index (κ1) is 14.1. The Bertz CT molecular complexity index is 659. The van der Waals surface area contributed by atoms with Crippen molar-refractivity contribution in [3.8, 4) is 11.5 Å². The summed E-state index contributed by atoms with van der Waals surface area (Å²) in [7, 11) is 1.29. The van der Waals surface area contributed by atoms with Crippen molar-refractivity contribution in [2.45, 2.75) is 6.42 Å². The van der Waals surface area contributed by atoms with E-state index in [9.17, 15) is 19.8 Å². The minimum absolute atomic E-state index is 0.0694. The van der Waals surface area contributed by atoms with Gasteiger partial charge in [-0.1, -0.05) is 0 Å². The molecule has 0 aliphatic rings. The van der Waals surface area contributed by atoms with Crippen molar-refractivity contribution in [3.63, 3.8) is 0 Å². The maximum absolute atomic E-state index is 12.0. The standard InChI is InChI=1S/C14H12O5S/c1-19-14(18)13-5-3-9(20-13)7-12(17)10-4-2-8(15)6-11(10)16/h2-6,15-16H,7H2,1H3. The first-order chi connectivity index (χ1) is 9.51. The number of carbonyl (C=O) groups is 2. The number of carbonyl (C=O) groups excluding carboxylic acids is 2. The van der Waals surface area contributed by atoms with Crippen LogP contribution in [0.5, 0.6) is 11.5 Å². The van der Waals surface area contributed by atoms with Gasteiger partial charge in [0.05, 0.1) is 12.7 Å². The summed E-state index contributed by atoms with van der Waals surface area (Å²) >= 11 is 1.17. The molecule has 0 bridgehead atoms. The summed E-state index contributed by atoms with van der Waals surface area (Å²) in [4.78, 5) is 24.5. The summed E-state index contributed by atoms with van der Waals surface area (Å²) in [5.41, 5.74) is 0.135. The van der Waals surface area contributed by atoms with Gasteiger partial charge in [0.15, 0.2) is 5.78 Å². The van der Waals surface area contributed by atoms with E-state index >= 15 is 0 Å². The van der Waals surface area contributed by atoms with Crippen LogP contribution in [0.2, 0.25) is 0 Å². The fourth-order valence-corrected chi connectivity index (χ4v) is 2.62. The lowest BCUT2D eigenvalue weighted by Crippen LogP contribution is -2.02. The normalized spacial score (nSPS) is 10.2. The number of rotatable bonds is 4. The Morgan fingerprint density at radius 1 is 1.20 bits per heavy atom. The molecule has 104 valence electrons. The van der Waals surface area contributed by atoms with Gasteiger partial charge < -0.3 is 14.9 Å². The van der Waals surface area contributed by atoms with E-state index in [0.29, 0.717) is 9.75 Å². The molecule has 5 nitrogen and oxygen atoms in total. The highest BCUT2D eigenvalue weighted by molar-refractivity contribution is 7.14. The van der Waals surface area contributed by atoms with Gasteiger partial charge in [0.1, 0.15) is 16.4 Å². The van der Waals surface area contributed by atoms with E-state index in [1.165, 1.54) is 30.6 Å². The van der Waals surface area contributed by atoms with Crippen molar-refractivity contribution in [2.75, 3.05) is 7.11 Å². The van der Waals surface area contributed by atoms with Crippen LogP contribution in [0.1, 0.15) is 24.9 Å². The molecule has 0 atom stereocenters. The van der Waals surface area contributed by atoms with Gasteiger partial charge in [-0.3, -0.25) is 4.79 Å². The van der Waals surface area contributed by atoms with Crippen LogP contribution >= 0.6 is 11.3 Å². The lowest BCUT2D eigenvalue weighted by Gasteiger charge is -2.03. The summed E-state index contributed by atoms with van der Waals surface area (Å²) in [6.45, 7) is 0. The molecule has 0 saturated heterocycles. The molecule has 0 saturated carbocycles. The Morgan fingerprint density at radius 2 is 1.95 bits per heavy atom. The second kappa shape index (κ2) is 5.75. The fraction of sp³-hybridized carbons (Fsp3) is 0.143. The third-order valence-electron chi connectivity index (χ3n) is 2.66. The van der Waals surface area contributed by atoms with Gasteiger partial charge in [0.2, 0.25) is 0 Å². The Kier molecular flexibility index (Phi) is 4.05. The number of ether oxygens (including phenoxy) is 1. The highest BCUT2D eigenvalue weighted by atomic mass is 32.1. The second-order valence-electron chi connectivity index (χ2n) is 4.06. The number of Topliss-reactive ketones (excluding diaryl/α,β-unsaturated/α-hetero) is 1. The average Bonchev–Trinajstić information content (AvgIpc) is 2.86. The molecule has 20 heavy (non-hydrogen) atoms. The Balaban J connectivity index is 2.15. The van der Waals surface area contributed by atoms with Crippen molar-refractivity contribution in [1.29, 1.82) is 0 Å². The topological polar surface area (TPSA) is 83.8 Å². The zero-order chi connectivity index (χ0) is 14.7. The molecule has 1 heterocycles. The van der Waals surface area contributed by atoms with E-state index in [2.05, 4.69) is 4.74 Å². The van der Waals surface area contributed by atoms with Gasteiger partial charge in [-0.25, -0.2) is 4.79 Å². The summed E-state index contributed by atoms with van der Waals surface area (Å²) in [5.74, 6) is -1.11. The Hall–Kier alpha value is -2.34. The summed E-state index contributed by atoms with van der Waals surface area (Å²) in [5, 5.41) is 18.8. The predicted molar refractivity (Wildman–Crippen MR) is 73.5 cm³/mol. The van der Waals surface area contributed by atoms with Gasteiger partial charge in [-0.15, -0.1) is 11.3 Å². The molecule has 6 heteroatoms. The first-order valence-corrected chi connectivity index (χ1v) is 6.55. The van der Waals surface area contributed by atoms with Gasteiger partial charge in [0, 0.05) is 17.4 Å². The molecule has 0 aliphatic carbocycles. The first-order valence-electron chi connectivity index (χ1n) is 5.73. The smallest absolute Gasteiger partial charge is 0.348 e. The van der Waals surface area contributed by atoms with E-state index in [1.807, 2.05) is 0 Å². The lowest BCUT2D eigenvalue weighted by atomic mass is 10.1. The number of esters is 1. The molecule has 1 aromatic heterocycles. The van der Waals surface area contributed by atoms with Crippen LogP contribution in [0.25, 0.3) is 0 Å². The van der Waals surface area contributed by atoms with Gasteiger partial charge in [0.25, 0.3) is 0 Å². The molecular formula is C14H12O5S. The molecule has 0 fully saturated rings. The number of thiophene rings is 1. The van der Waals surface area contributed by atoms with Crippen molar-refractivity contribution in [2.24, 2.45) is 0 Å². The number of aromatic hydroxyl groups is 2. The number of methoxy groups -OCH3 is 1. The molecule has 0 unspecified atom stereocenters. The van der Waals surface area contributed by atoms with Gasteiger partial charge >= 0.3 is 5.97 Å². The maximum atomic E-state index is 12.0. The molecule has 0 radical (unpaired) electrons. The molecule has 0 spiro atoms. The van der Waals surface area contributed by atoms with E-state index in [4.69, 9.17) is 0 Å². The van der Waals surface area contributed by atoms with E-state index < -0.39 is 5.97 Å². The molecule has 1 aromatic carbocycles. The number of phenolic OH excluding ortho intramolecular Hbond substituents is 2. The van der Waals surface area contributed by atoms with Crippen LogP contribution in [0.4, 0.5) is 0 Å². The highest BCUT2D eigenvalue weighted by Gasteiger charge is 2.15. The second-order valence-corrected chi connectivity index (χ2v) is 5.23. The third kappa shape index (κ3) is 2.97. The fourth-order valence-electron chi connectivity index (χ4n) is 1.69. The minimum atomic E-state index is -0.443. The number of phenols is 2. The van der Waals surface area contributed by atoms with Crippen molar-refractivity contribution >= 4 is 23.1 Å². The lowest BCUT2D eigenvalue weighted by molar-refractivity contribution is 0.0606. The highest BCUT2D eigenvalue weighted by Crippen LogP contribution is 2.25. The number of benzene rings is 1. The van der Waals surface area contributed by atoms with E-state index in [0.717, 1.165) is 6.07 Å². The monoisotopic (exact) mass is 292 g/mol. The van der Waals surface area contributed by atoms with Crippen LogP contribution in [0, 0.1) is 0 Å². The number of hydrogen-bond acceptors (Lipinski definition) is 6. The Labute approximate surface area is 119 Å². The molecule has 0 aliphatic heterocycles. The molecule has 2 aromatic rings. The van der Waals surface area contributed by atoms with Gasteiger partial charge in [-0.05, 0) is 24.3 Å². The van der Waals surface area contributed by atoms with Crippen LogP contribution in [-0.4, -0.2) is 29.1 Å². The van der Waals surface area contributed by atoms with Crippen LogP contribution in [0.15, 0.2) is 30.3 Å². The van der Waals surface area contributed by atoms with Crippen molar-refractivity contribution in [1.82, 2.24) is 0 Å². The number of ketones is 1. The summed E-state index contributed by atoms with van der Waals surface area (Å²) in [6.07, 6.45) is 0.0694. The quantitative estimate of drug-likeness (QED) is 0.667. The third-order valence-corrected chi connectivity index (χ3v) is 3.73. The van der Waals surface area contributed by atoms with E-state index in [-0.39, 0.29) is 29.3 Å². The summed E-state index contributed by atoms with van der Waals surface area (Å²) in [6, 6.07) is 7.08. The van der Waals surface area contributed by atoms with Crippen molar-refractivity contribution in [3.05, 3.63) is 45.6 Å². The van der Waals surface area contributed by atoms with Crippen molar-refractivity contribution < 1.29 is 24.5 Å². The zero-order valence-corrected chi connectivity index (χ0v) is 11.4. The molecule has 2 N–H and O–H groups in total. The SMILES string of the molecule is COC(=O)c1ccc(CC(=O)c2ccc(O)cc2O)s1. The molecule has 2 rings (SSSR count). The molecule has 0 amide bonds. The van der Waals surface area contributed by atoms with Crippen LogP contribution < -0.4 is 0 Å². The maximum Gasteiger partial charge on any atom is 0.348 e. The average molecular weight is 292 g/mol. The predicted octanol–water partition coefficient (Wildman–Crippen LogP) is 2.37. The Morgan fingerprint density at radius 3 is 2.60 bits per heavy atom. The summed E-state index contributed by atoms with van der Waals surface area (Å²) < 4.78 is 4.59. The number of hydrogen-bond donors (Lipinski definition) is 2. The minimum Gasteiger partial charge on any atom is -0.508 e. The zero-order valence-electron chi connectivity index (χ0n) is 10.6.